The molecule has 1 N–H and O–H groups in total. The van der Waals surface area contributed by atoms with Crippen LogP contribution < -0.4 is 5.32 Å². The van der Waals surface area contributed by atoms with E-state index in [1.54, 1.807) is 41.5 Å². The van der Waals surface area contributed by atoms with E-state index in [-0.39, 0.29) is 18.4 Å². The number of nitrogens with zero attached hydrogens (tertiary/aromatic N) is 1. The Balaban J connectivity index is 4.43. The number of hydrogen-bond acceptors (Lipinski definition) is 5. The maximum atomic E-state index is 11.8. The van der Waals surface area contributed by atoms with Crippen LogP contribution in [-0.2, 0) is 14.3 Å². The van der Waals surface area contributed by atoms with E-state index in [0.717, 1.165) is 0 Å². The fraction of sp³-hybridized carbons (Fsp3) is 0.812. The second-order valence-corrected chi connectivity index (χ2v) is 7.17. The quantitative estimate of drug-likeness (QED) is 0.760. The molecular formula is C16H28N2O4. The van der Waals surface area contributed by atoms with Gasteiger partial charge in [0.05, 0.1) is 6.07 Å². The largest absolute Gasteiger partial charge is 0.460 e. The van der Waals surface area contributed by atoms with Crippen LogP contribution in [0.25, 0.3) is 0 Å². The zero-order chi connectivity index (χ0) is 17.4. The number of hydrogen-bond donors (Lipinski definition) is 1. The van der Waals surface area contributed by atoms with E-state index in [1.165, 1.54) is 0 Å². The highest BCUT2D eigenvalue weighted by Crippen LogP contribution is 2.13. The standard InChI is InChI=1S/C16H28N2O4/c1-15(2,3)21-13(19)10-9-12(8-7-11-17)18-14(20)22-16(4,5)6/h12H,7-10H2,1-6H3,(H,18,20)/t12-/m1/s1. The first-order valence-electron chi connectivity index (χ1n) is 7.51. The van der Waals surface area contributed by atoms with Gasteiger partial charge in [-0.05, 0) is 54.4 Å². The van der Waals surface area contributed by atoms with Crippen molar-refractivity contribution in [1.29, 1.82) is 5.26 Å². The van der Waals surface area contributed by atoms with Crippen LogP contribution in [0.5, 0.6) is 0 Å². The number of ether oxygens (including phenoxy) is 2. The van der Waals surface area contributed by atoms with Gasteiger partial charge in [0.2, 0.25) is 0 Å². The molecule has 22 heavy (non-hydrogen) atoms. The number of esters is 1. The van der Waals surface area contributed by atoms with E-state index in [4.69, 9.17) is 14.7 Å². The Kier molecular flexibility index (Phi) is 7.93. The average molecular weight is 312 g/mol. The zero-order valence-corrected chi connectivity index (χ0v) is 14.5. The van der Waals surface area contributed by atoms with Crippen LogP contribution in [0.1, 0.15) is 67.2 Å². The SMILES string of the molecule is CC(C)(C)OC(=O)CC[C@@H](CCC#N)NC(=O)OC(C)(C)C. The predicted octanol–water partition coefficient (Wildman–Crippen LogP) is 3.31. The summed E-state index contributed by atoms with van der Waals surface area (Å²) >= 11 is 0. The lowest BCUT2D eigenvalue weighted by Gasteiger charge is -2.24. The molecule has 0 unspecified atom stereocenters. The summed E-state index contributed by atoms with van der Waals surface area (Å²) in [6, 6.07) is 1.75. The molecule has 0 aromatic heterocycles. The molecule has 0 bridgehead atoms. The molecule has 126 valence electrons. The number of rotatable bonds is 6. The van der Waals surface area contributed by atoms with Crippen LogP contribution in [0.4, 0.5) is 4.79 Å². The summed E-state index contributed by atoms with van der Waals surface area (Å²) in [5.41, 5.74) is -1.12. The summed E-state index contributed by atoms with van der Waals surface area (Å²) in [5, 5.41) is 11.4. The van der Waals surface area contributed by atoms with Crippen LogP contribution in [0.3, 0.4) is 0 Å². The van der Waals surface area contributed by atoms with E-state index in [1.807, 2.05) is 6.07 Å². The first-order valence-corrected chi connectivity index (χ1v) is 7.51. The minimum absolute atomic E-state index is 0.184. The Hall–Kier alpha value is -1.77. The Bertz CT molecular complexity index is 413. The maximum Gasteiger partial charge on any atom is 0.407 e. The lowest BCUT2D eigenvalue weighted by atomic mass is 10.1. The van der Waals surface area contributed by atoms with Crippen LogP contribution in [0.2, 0.25) is 0 Å². The van der Waals surface area contributed by atoms with Gasteiger partial charge in [0, 0.05) is 18.9 Å². The Morgan fingerprint density at radius 1 is 1.05 bits per heavy atom. The Labute approximate surface area is 133 Å². The second kappa shape index (κ2) is 8.62. The number of amides is 1. The molecule has 1 amide bonds. The number of carbonyl (C=O) groups is 2. The van der Waals surface area contributed by atoms with Gasteiger partial charge in [-0.15, -0.1) is 0 Å². The predicted molar refractivity (Wildman–Crippen MR) is 83.1 cm³/mol. The van der Waals surface area contributed by atoms with Gasteiger partial charge < -0.3 is 14.8 Å². The van der Waals surface area contributed by atoms with Crippen molar-refractivity contribution in [1.82, 2.24) is 5.32 Å². The molecule has 0 heterocycles. The molecule has 0 aliphatic heterocycles. The molecule has 0 aliphatic rings. The first kappa shape index (κ1) is 20.2. The molecule has 0 aromatic rings. The summed E-state index contributed by atoms with van der Waals surface area (Å²) in [7, 11) is 0. The number of nitrogens with one attached hydrogen (secondary N) is 1. The van der Waals surface area contributed by atoms with Crippen LogP contribution in [-0.4, -0.2) is 29.3 Å². The maximum absolute atomic E-state index is 11.8. The van der Waals surface area contributed by atoms with E-state index in [0.29, 0.717) is 19.3 Å². The van der Waals surface area contributed by atoms with E-state index in [2.05, 4.69) is 5.32 Å². The monoisotopic (exact) mass is 312 g/mol. The van der Waals surface area contributed by atoms with Gasteiger partial charge in [0.15, 0.2) is 0 Å². The third-order valence-corrected chi connectivity index (χ3v) is 2.44. The van der Waals surface area contributed by atoms with Crippen molar-refractivity contribution < 1.29 is 19.1 Å². The molecule has 0 saturated carbocycles. The molecule has 0 aromatic carbocycles. The number of carbonyl (C=O) groups excluding carboxylic acids is 2. The van der Waals surface area contributed by atoms with E-state index in [9.17, 15) is 9.59 Å². The molecule has 6 heteroatoms. The zero-order valence-electron chi connectivity index (χ0n) is 14.5. The fourth-order valence-corrected chi connectivity index (χ4v) is 1.69. The van der Waals surface area contributed by atoms with Gasteiger partial charge in [0.25, 0.3) is 0 Å². The number of nitriles is 1. The molecule has 0 fully saturated rings. The molecule has 0 radical (unpaired) electrons. The van der Waals surface area contributed by atoms with Gasteiger partial charge in [-0.2, -0.15) is 5.26 Å². The summed E-state index contributed by atoms with van der Waals surface area (Å²) < 4.78 is 10.4. The smallest absolute Gasteiger partial charge is 0.407 e. The first-order chi connectivity index (χ1) is 9.93. The summed E-state index contributed by atoms with van der Waals surface area (Å²) in [5.74, 6) is -0.319. The molecular weight excluding hydrogens is 284 g/mol. The van der Waals surface area contributed by atoms with Gasteiger partial charge in [-0.1, -0.05) is 0 Å². The lowest BCUT2D eigenvalue weighted by molar-refractivity contribution is -0.155. The highest BCUT2D eigenvalue weighted by Gasteiger charge is 2.21. The van der Waals surface area contributed by atoms with Crippen molar-refractivity contribution in [2.24, 2.45) is 0 Å². The summed E-state index contributed by atoms with van der Waals surface area (Å²) in [4.78, 5) is 23.5. The Morgan fingerprint density at radius 3 is 2.05 bits per heavy atom. The summed E-state index contributed by atoms with van der Waals surface area (Å²) in [6.45, 7) is 10.7. The fourth-order valence-electron chi connectivity index (χ4n) is 1.69. The van der Waals surface area contributed by atoms with Crippen LogP contribution >= 0.6 is 0 Å². The van der Waals surface area contributed by atoms with Crippen molar-refractivity contribution in [3.05, 3.63) is 0 Å². The van der Waals surface area contributed by atoms with Crippen molar-refractivity contribution >= 4 is 12.1 Å². The van der Waals surface area contributed by atoms with Gasteiger partial charge in [-0.3, -0.25) is 4.79 Å². The van der Waals surface area contributed by atoms with Crippen LogP contribution in [0.15, 0.2) is 0 Å². The minimum atomic E-state index is -0.588. The van der Waals surface area contributed by atoms with Crippen LogP contribution in [0, 0.1) is 11.3 Å². The summed E-state index contributed by atoms with van der Waals surface area (Å²) in [6.07, 6.45) is 0.825. The van der Waals surface area contributed by atoms with Crippen molar-refractivity contribution in [3.63, 3.8) is 0 Å². The van der Waals surface area contributed by atoms with E-state index < -0.39 is 17.3 Å². The highest BCUT2D eigenvalue weighted by atomic mass is 16.6. The van der Waals surface area contributed by atoms with E-state index >= 15 is 0 Å². The number of alkyl carbamates (subject to hydrolysis) is 1. The Morgan fingerprint density at radius 2 is 1.59 bits per heavy atom. The van der Waals surface area contributed by atoms with Crippen molar-refractivity contribution in [2.45, 2.75) is 84.5 Å². The molecule has 0 spiro atoms. The topological polar surface area (TPSA) is 88.4 Å². The highest BCUT2D eigenvalue weighted by molar-refractivity contribution is 5.70. The molecule has 0 saturated heterocycles. The van der Waals surface area contributed by atoms with Crippen molar-refractivity contribution in [3.8, 4) is 6.07 Å². The molecule has 6 nitrogen and oxygen atoms in total. The van der Waals surface area contributed by atoms with Gasteiger partial charge >= 0.3 is 12.1 Å². The molecule has 1 atom stereocenters. The molecule has 0 rings (SSSR count). The molecule has 0 aliphatic carbocycles. The average Bonchev–Trinajstić information content (AvgIpc) is 2.28. The van der Waals surface area contributed by atoms with Gasteiger partial charge in [0.1, 0.15) is 11.2 Å². The normalized spacial score (nSPS) is 13.0. The lowest BCUT2D eigenvalue weighted by Crippen LogP contribution is -2.39. The second-order valence-electron chi connectivity index (χ2n) is 7.17. The third-order valence-electron chi connectivity index (χ3n) is 2.44. The minimum Gasteiger partial charge on any atom is -0.460 e. The third kappa shape index (κ3) is 12.0. The van der Waals surface area contributed by atoms with Gasteiger partial charge in [-0.25, -0.2) is 4.79 Å². The van der Waals surface area contributed by atoms with Crippen molar-refractivity contribution in [2.75, 3.05) is 0 Å².